The van der Waals surface area contributed by atoms with Crippen LogP contribution in [-0.4, -0.2) is 7.11 Å². The van der Waals surface area contributed by atoms with Gasteiger partial charge < -0.3 is 26.5 Å². The first-order chi connectivity index (χ1) is 11.8. The van der Waals surface area contributed by atoms with E-state index in [0.717, 1.165) is 27.2 Å². The van der Waals surface area contributed by atoms with Crippen LogP contribution in [0.4, 0.5) is 0 Å². The Morgan fingerprint density at radius 1 is 0.880 bits per heavy atom. The van der Waals surface area contributed by atoms with Crippen LogP contribution in [0.1, 0.15) is 11.1 Å². The van der Waals surface area contributed by atoms with Gasteiger partial charge in [0.15, 0.2) is 30.4 Å². The molecule has 3 aromatic rings. The number of halogens is 2. The third kappa shape index (κ3) is 5.44. The Morgan fingerprint density at radius 2 is 1.60 bits per heavy atom. The maximum Gasteiger partial charge on any atom is 0.174 e. The van der Waals surface area contributed by atoms with Crippen LogP contribution in [0, 0.1) is 3.57 Å². The van der Waals surface area contributed by atoms with E-state index >= 15 is 0 Å². The summed E-state index contributed by atoms with van der Waals surface area (Å²) in [5, 5.41) is 0. The van der Waals surface area contributed by atoms with Crippen LogP contribution < -0.4 is 31.0 Å². The average Bonchev–Trinajstić information content (AvgIpc) is 2.62. The first-order valence-electron chi connectivity index (χ1n) is 7.73. The normalized spacial score (nSPS) is 10.0. The molecule has 1 aromatic heterocycles. The summed E-state index contributed by atoms with van der Waals surface area (Å²) in [6.07, 6.45) is 4.16. The van der Waals surface area contributed by atoms with Gasteiger partial charge in [-0.25, -0.2) is 4.57 Å². The van der Waals surface area contributed by atoms with Crippen molar-refractivity contribution in [1.29, 1.82) is 0 Å². The minimum Gasteiger partial charge on any atom is -1.00 e. The first-order valence-corrected chi connectivity index (χ1v) is 8.81. The van der Waals surface area contributed by atoms with E-state index in [1.54, 1.807) is 7.11 Å². The number of pyridine rings is 1. The second kappa shape index (κ2) is 9.77. The van der Waals surface area contributed by atoms with Crippen molar-refractivity contribution in [2.24, 2.45) is 0 Å². The maximum absolute atomic E-state index is 5.96. The van der Waals surface area contributed by atoms with E-state index in [4.69, 9.17) is 9.47 Å². The van der Waals surface area contributed by atoms with Crippen molar-refractivity contribution >= 4 is 22.6 Å². The lowest BCUT2D eigenvalue weighted by molar-refractivity contribution is -0.688. The van der Waals surface area contributed by atoms with Gasteiger partial charge in [-0.2, -0.15) is 0 Å². The fourth-order valence-corrected chi connectivity index (χ4v) is 3.06. The van der Waals surface area contributed by atoms with Crippen molar-refractivity contribution in [3.63, 3.8) is 0 Å². The summed E-state index contributed by atoms with van der Waals surface area (Å²) in [5.41, 5.74) is 2.41. The Bertz CT molecular complexity index is 795. The number of hydrogen-bond acceptors (Lipinski definition) is 2. The molecule has 130 valence electrons. The van der Waals surface area contributed by atoms with Crippen LogP contribution in [0.25, 0.3) is 0 Å². The van der Waals surface area contributed by atoms with Crippen molar-refractivity contribution in [1.82, 2.24) is 0 Å². The molecule has 0 radical (unpaired) electrons. The molecule has 0 unspecified atom stereocenters. The molecule has 0 aliphatic carbocycles. The van der Waals surface area contributed by atoms with E-state index in [0.29, 0.717) is 6.61 Å². The zero-order chi connectivity index (χ0) is 16.8. The average molecular weight is 512 g/mol. The third-order valence-electron chi connectivity index (χ3n) is 3.70. The molecule has 0 saturated carbocycles. The summed E-state index contributed by atoms with van der Waals surface area (Å²) in [6.45, 7) is 1.38. The number of ether oxygens (including phenoxy) is 2. The number of aromatic nitrogens is 1. The summed E-state index contributed by atoms with van der Waals surface area (Å²) in [7, 11) is 1.66. The van der Waals surface area contributed by atoms with Gasteiger partial charge in [0.25, 0.3) is 0 Å². The van der Waals surface area contributed by atoms with Crippen LogP contribution >= 0.6 is 22.6 Å². The minimum absolute atomic E-state index is 0. The molecule has 0 aliphatic rings. The molecule has 0 spiro atoms. The zero-order valence-electron chi connectivity index (χ0n) is 13.9. The molecule has 0 amide bonds. The van der Waals surface area contributed by atoms with Crippen LogP contribution in [0.2, 0.25) is 0 Å². The van der Waals surface area contributed by atoms with E-state index in [-0.39, 0.29) is 17.0 Å². The van der Waals surface area contributed by atoms with Gasteiger partial charge in [-0.3, -0.25) is 0 Å². The van der Waals surface area contributed by atoms with E-state index < -0.39 is 0 Å². The highest BCUT2D eigenvalue weighted by molar-refractivity contribution is 14.1. The number of rotatable bonds is 6. The van der Waals surface area contributed by atoms with E-state index in [2.05, 4.69) is 75.9 Å². The molecule has 0 aliphatic heterocycles. The monoisotopic (exact) mass is 511 g/mol. The molecular formula is C20H19BrINO2. The van der Waals surface area contributed by atoms with Crippen LogP contribution in [0.15, 0.2) is 73.1 Å². The van der Waals surface area contributed by atoms with Gasteiger partial charge in [-0.05, 0) is 34.7 Å². The second-order valence-electron chi connectivity index (χ2n) is 5.42. The lowest BCUT2D eigenvalue weighted by atomic mass is 10.2. The smallest absolute Gasteiger partial charge is 0.174 e. The molecular weight excluding hydrogens is 493 g/mol. The van der Waals surface area contributed by atoms with Gasteiger partial charge in [-0.1, -0.05) is 36.4 Å². The number of methoxy groups -OCH3 is 1. The van der Waals surface area contributed by atoms with Gasteiger partial charge in [-0.15, -0.1) is 0 Å². The number of hydrogen-bond donors (Lipinski definition) is 0. The van der Waals surface area contributed by atoms with Crippen LogP contribution in [0.5, 0.6) is 11.5 Å². The predicted octanol–water partition coefficient (Wildman–Crippen LogP) is 1.22. The summed E-state index contributed by atoms with van der Waals surface area (Å²) in [4.78, 5) is 0. The molecule has 0 fully saturated rings. The molecule has 0 saturated heterocycles. The zero-order valence-corrected chi connectivity index (χ0v) is 17.6. The molecule has 2 aromatic carbocycles. The van der Waals surface area contributed by atoms with Gasteiger partial charge in [0.1, 0.15) is 6.61 Å². The Labute approximate surface area is 172 Å². The highest BCUT2D eigenvalue weighted by Crippen LogP contribution is 2.32. The molecule has 3 rings (SSSR count). The Hall–Kier alpha value is -1.60. The largest absolute Gasteiger partial charge is 1.00 e. The first kappa shape index (κ1) is 19.7. The van der Waals surface area contributed by atoms with E-state index in [9.17, 15) is 0 Å². The summed E-state index contributed by atoms with van der Waals surface area (Å²) < 4.78 is 14.5. The summed E-state index contributed by atoms with van der Waals surface area (Å²) in [5.74, 6) is 1.55. The predicted molar refractivity (Wildman–Crippen MR) is 102 cm³/mol. The highest BCUT2D eigenvalue weighted by atomic mass is 127. The Morgan fingerprint density at radius 3 is 2.28 bits per heavy atom. The van der Waals surface area contributed by atoms with Gasteiger partial charge >= 0.3 is 0 Å². The maximum atomic E-state index is 5.96. The van der Waals surface area contributed by atoms with Crippen molar-refractivity contribution in [3.8, 4) is 11.5 Å². The minimum atomic E-state index is 0. The Kier molecular flexibility index (Phi) is 7.71. The van der Waals surface area contributed by atoms with Crippen LogP contribution in [0.3, 0.4) is 0 Å². The van der Waals surface area contributed by atoms with Crippen molar-refractivity contribution in [3.05, 3.63) is 87.8 Å². The molecule has 1 heterocycles. The fraction of sp³-hybridized carbons (Fsp3) is 0.150. The van der Waals surface area contributed by atoms with Crippen LogP contribution in [-0.2, 0) is 13.2 Å². The second-order valence-corrected chi connectivity index (χ2v) is 6.59. The summed E-state index contributed by atoms with van der Waals surface area (Å²) >= 11 is 2.26. The highest BCUT2D eigenvalue weighted by Gasteiger charge is 2.09. The van der Waals surface area contributed by atoms with E-state index in [1.165, 1.54) is 5.56 Å². The molecule has 25 heavy (non-hydrogen) atoms. The quantitative estimate of drug-likeness (QED) is 0.367. The van der Waals surface area contributed by atoms with Gasteiger partial charge in [0.05, 0.1) is 10.7 Å². The lowest BCUT2D eigenvalue weighted by Crippen LogP contribution is -3.00. The molecule has 3 nitrogen and oxygen atoms in total. The van der Waals surface area contributed by atoms with Crippen molar-refractivity contribution in [2.45, 2.75) is 13.2 Å². The number of nitrogens with zero attached hydrogens (tertiary/aromatic N) is 1. The SMILES string of the molecule is COc1cccc(I)c1OCc1cc[n+](Cc2ccccc2)cc1.[Br-]. The third-order valence-corrected chi connectivity index (χ3v) is 4.55. The summed E-state index contributed by atoms with van der Waals surface area (Å²) in [6, 6.07) is 20.5. The number of para-hydroxylation sites is 1. The molecule has 0 atom stereocenters. The van der Waals surface area contributed by atoms with Crippen molar-refractivity contribution in [2.75, 3.05) is 7.11 Å². The fourth-order valence-electron chi connectivity index (χ4n) is 2.43. The molecule has 0 N–H and O–H groups in total. The van der Waals surface area contributed by atoms with Crippen molar-refractivity contribution < 1.29 is 31.0 Å². The van der Waals surface area contributed by atoms with Gasteiger partial charge in [0, 0.05) is 23.3 Å². The Balaban J connectivity index is 0.00000225. The van der Waals surface area contributed by atoms with E-state index in [1.807, 2.05) is 24.3 Å². The molecule has 0 bridgehead atoms. The number of benzene rings is 2. The standard InChI is InChI=1S/C20H19INO2.BrH/c1-23-19-9-5-8-18(21)20(19)24-15-17-10-12-22(13-11-17)14-16-6-3-2-4-7-16;/h2-13H,14-15H2,1H3;1H/q+1;/p-1. The topological polar surface area (TPSA) is 22.3 Å². The molecule has 5 heteroatoms. The lowest BCUT2D eigenvalue weighted by Gasteiger charge is -2.12. The van der Waals surface area contributed by atoms with Gasteiger partial charge in [0.2, 0.25) is 0 Å².